The summed E-state index contributed by atoms with van der Waals surface area (Å²) in [6.45, 7) is 16.1. The van der Waals surface area contributed by atoms with E-state index in [0.717, 1.165) is 12.8 Å². The summed E-state index contributed by atoms with van der Waals surface area (Å²) in [5, 5.41) is 0. The lowest BCUT2D eigenvalue weighted by molar-refractivity contribution is -0.130. The molecule has 0 aliphatic heterocycles. The summed E-state index contributed by atoms with van der Waals surface area (Å²) in [7, 11) is 0. The Morgan fingerprint density at radius 1 is 1.03 bits per heavy atom. The Morgan fingerprint density at radius 2 is 1.74 bits per heavy atom. The van der Waals surface area contributed by atoms with Gasteiger partial charge in [0.25, 0.3) is 0 Å². The average Bonchev–Trinajstić information content (AvgIpc) is 3.00. The van der Waals surface area contributed by atoms with E-state index >= 15 is 0 Å². The van der Waals surface area contributed by atoms with Crippen molar-refractivity contribution in [1.82, 2.24) is 0 Å². The lowest BCUT2D eigenvalue weighted by atomic mass is 9.45. The fraction of sp³-hybridized carbons (Fsp3) is 0.793. The molecule has 4 aliphatic carbocycles. The van der Waals surface area contributed by atoms with E-state index in [9.17, 15) is 9.59 Å². The van der Waals surface area contributed by atoms with Crippen LogP contribution in [0.3, 0.4) is 0 Å². The fourth-order valence-electron chi connectivity index (χ4n) is 8.67. The normalized spacial score (nSPS) is 43.1. The minimum Gasteiger partial charge on any atom is -0.299 e. The van der Waals surface area contributed by atoms with E-state index in [0.29, 0.717) is 29.8 Å². The summed E-state index contributed by atoms with van der Waals surface area (Å²) in [6, 6.07) is 0. The van der Waals surface area contributed by atoms with Gasteiger partial charge in [0.15, 0.2) is 0 Å². The second-order valence-corrected chi connectivity index (χ2v) is 12.4. The van der Waals surface area contributed by atoms with Gasteiger partial charge in [-0.05, 0) is 86.9 Å². The average molecular weight is 425 g/mol. The predicted octanol–water partition coefficient (Wildman–Crippen LogP) is 7.48. The van der Waals surface area contributed by atoms with Gasteiger partial charge in [-0.25, -0.2) is 0 Å². The van der Waals surface area contributed by atoms with E-state index in [1.807, 2.05) is 0 Å². The van der Waals surface area contributed by atoms with Crippen LogP contribution in [0.25, 0.3) is 0 Å². The number of allylic oxidation sites excluding steroid dienone is 4. The van der Waals surface area contributed by atoms with Crippen molar-refractivity contribution < 1.29 is 9.59 Å². The van der Waals surface area contributed by atoms with Gasteiger partial charge in [-0.1, -0.05) is 57.4 Å². The van der Waals surface area contributed by atoms with Gasteiger partial charge in [0, 0.05) is 24.7 Å². The Labute approximate surface area is 190 Å². The van der Waals surface area contributed by atoms with Crippen molar-refractivity contribution in [3.05, 3.63) is 22.8 Å². The summed E-state index contributed by atoms with van der Waals surface area (Å²) in [5.41, 5.74) is 5.36. The molecule has 0 radical (unpaired) electrons. The number of carbonyl (C=O) groups excluding carboxylic acids is 2. The zero-order valence-electron chi connectivity index (χ0n) is 21.1. The highest BCUT2D eigenvalue weighted by atomic mass is 16.1. The maximum atomic E-state index is 13.1. The zero-order valence-corrected chi connectivity index (χ0v) is 21.1. The number of ketones is 2. The zero-order chi connectivity index (χ0) is 22.8. The molecule has 172 valence electrons. The third-order valence-corrected chi connectivity index (χ3v) is 11.0. The molecule has 7 unspecified atom stereocenters. The molecule has 2 nitrogen and oxygen atoms in total. The van der Waals surface area contributed by atoms with E-state index in [1.54, 1.807) is 11.1 Å². The molecule has 0 heterocycles. The first-order valence-corrected chi connectivity index (χ1v) is 12.9. The molecule has 0 aromatic rings. The van der Waals surface area contributed by atoms with E-state index in [-0.39, 0.29) is 28.1 Å². The minimum absolute atomic E-state index is 0.142. The number of fused-ring (bicyclic) bond motifs is 4. The molecule has 2 heteroatoms. The van der Waals surface area contributed by atoms with Crippen molar-refractivity contribution in [3.63, 3.8) is 0 Å². The van der Waals surface area contributed by atoms with Crippen LogP contribution in [0.15, 0.2) is 22.8 Å². The lowest BCUT2D eigenvalue weighted by Crippen LogP contribution is -2.51. The summed E-state index contributed by atoms with van der Waals surface area (Å²) >= 11 is 0. The van der Waals surface area contributed by atoms with Crippen LogP contribution in [-0.2, 0) is 9.59 Å². The molecule has 2 saturated carbocycles. The molecule has 0 bridgehead atoms. The van der Waals surface area contributed by atoms with Crippen LogP contribution >= 0.6 is 0 Å². The van der Waals surface area contributed by atoms with Crippen molar-refractivity contribution in [2.45, 2.75) is 106 Å². The topological polar surface area (TPSA) is 34.1 Å². The van der Waals surface area contributed by atoms with Gasteiger partial charge in [-0.2, -0.15) is 0 Å². The van der Waals surface area contributed by atoms with Crippen LogP contribution in [0.2, 0.25) is 0 Å². The van der Waals surface area contributed by atoms with Gasteiger partial charge < -0.3 is 0 Å². The third kappa shape index (κ3) is 3.25. The lowest BCUT2D eigenvalue weighted by Gasteiger charge is -2.59. The van der Waals surface area contributed by atoms with E-state index in [2.05, 4.69) is 54.5 Å². The first kappa shape index (κ1) is 23.0. The van der Waals surface area contributed by atoms with Gasteiger partial charge in [0.1, 0.15) is 11.6 Å². The Bertz CT molecular complexity index is 843. The molecule has 31 heavy (non-hydrogen) atoms. The van der Waals surface area contributed by atoms with Crippen LogP contribution in [-0.4, -0.2) is 11.6 Å². The first-order valence-electron chi connectivity index (χ1n) is 12.9. The molecule has 0 spiro atoms. The number of Topliss-reactive ketones (excluding diaryl/α,β-unsaturated/α-hetero) is 2. The monoisotopic (exact) mass is 424 g/mol. The molecule has 0 aromatic heterocycles. The molecule has 0 saturated heterocycles. The van der Waals surface area contributed by atoms with Gasteiger partial charge in [0.05, 0.1) is 0 Å². The van der Waals surface area contributed by atoms with E-state index in [4.69, 9.17) is 0 Å². The maximum Gasteiger partial charge on any atom is 0.139 e. The van der Waals surface area contributed by atoms with Crippen molar-refractivity contribution in [2.75, 3.05) is 0 Å². The van der Waals surface area contributed by atoms with Crippen LogP contribution in [0, 0.1) is 39.9 Å². The second kappa shape index (κ2) is 7.70. The molecule has 0 N–H and O–H groups in total. The predicted molar refractivity (Wildman–Crippen MR) is 128 cm³/mol. The molecular formula is C29H44O2. The summed E-state index contributed by atoms with van der Waals surface area (Å²) in [5.74, 6) is 2.29. The molecule has 0 amide bonds. The van der Waals surface area contributed by atoms with Gasteiger partial charge in [-0.3, -0.25) is 9.59 Å². The molecule has 7 atom stereocenters. The Kier molecular flexibility index (Phi) is 5.71. The summed E-state index contributed by atoms with van der Waals surface area (Å²) < 4.78 is 0. The van der Waals surface area contributed by atoms with Gasteiger partial charge >= 0.3 is 0 Å². The Hall–Kier alpha value is -1.18. The molecule has 0 aromatic carbocycles. The first-order chi connectivity index (χ1) is 14.5. The SMILES string of the molecule is CC(C)=CCC(=O)C(C)C1CCC2(C)C3=C(CCC12C)C1(C)CCC(=O)C(C)C1CC3. The third-order valence-electron chi connectivity index (χ3n) is 11.0. The highest BCUT2D eigenvalue weighted by Gasteiger charge is 2.62. The van der Waals surface area contributed by atoms with Crippen molar-refractivity contribution in [1.29, 1.82) is 0 Å². The Balaban J connectivity index is 1.66. The van der Waals surface area contributed by atoms with Gasteiger partial charge in [0.2, 0.25) is 0 Å². The standard InChI is InChI=1S/C29H44O2/c1-18(2)8-11-25(30)20(4)22-12-16-29(7)24-10-9-21-19(3)26(31)14-15-27(21,5)23(24)13-17-28(22,29)6/h8,19-22H,9-17H2,1-7H3. The quantitative estimate of drug-likeness (QED) is 0.438. The van der Waals surface area contributed by atoms with Crippen molar-refractivity contribution in [3.8, 4) is 0 Å². The van der Waals surface area contributed by atoms with Crippen molar-refractivity contribution in [2.24, 2.45) is 39.9 Å². The number of hydrogen-bond acceptors (Lipinski definition) is 2. The summed E-state index contributed by atoms with van der Waals surface area (Å²) in [6.07, 6.45) is 11.6. The second-order valence-electron chi connectivity index (χ2n) is 12.4. The molecular weight excluding hydrogens is 380 g/mol. The van der Waals surface area contributed by atoms with Crippen molar-refractivity contribution >= 4 is 11.6 Å². The van der Waals surface area contributed by atoms with Crippen LogP contribution in [0.5, 0.6) is 0 Å². The van der Waals surface area contributed by atoms with E-state index < -0.39 is 0 Å². The maximum absolute atomic E-state index is 13.1. The molecule has 4 rings (SSSR count). The fourth-order valence-corrected chi connectivity index (χ4v) is 8.67. The highest BCUT2D eigenvalue weighted by molar-refractivity contribution is 5.83. The molecule has 4 aliphatic rings. The molecule has 2 fully saturated rings. The van der Waals surface area contributed by atoms with Crippen LogP contribution in [0.1, 0.15) is 106 Å². The Morgan fingerprint density at radius 3 is 2.42 bits per heavy atom. The van der Waals surface area contributed by atoms with Crippen LogP contribution in [0.4, 0.5) is 0 Å². The van der Waals surface area contributed by atoms with E-state index in [1.165, 1.54) is 44.1 Å². The summed E-state index contributed by atoms with van der Waals surface area (Å²) in [4.78, 5) is 25.5. The smallest absolute Gasteiger partial charge is 0.139 e. The number of hydrogen-bond donors (Lipinski definition) is 0. The number of rotatable bonds is 4. The number of carbonyl (C=O) groups is 2. The van der Waals surface area contributed by atoms with Gasteiger partial charge in [-0.15, -0.1) is 0 Å². The highest BCUT2D eigenvalue weighted by Crippen LogP contribution is 2.71. The minimum atomic E-state index is 0.142. The van der Waals surface area contributed by atoms with Crippen LogP contribution < -0.4 is 0 Å². The largest absolute Gasteiger partial charge is 0.299 e.